The molecule has 0 spiro atoms. The van der Waals surface area contributed by atoms with Gasteiger partial charge in [0.05, 0.1) is 7.11 Å². The highest BCUT2D eigenvalue weighted by molar-refractivity contribution is 5.72. The summed E-state index contributed by atoms with van der Waals surface area (Å²) in [5.74, 6) is -1.80. The van der Waals surface area contributed by atoms with E-state index in [1.807, 2.05) is 24.3 Å². The molecule has 0 aliphatic heterocycles. The first-order valence-electron chi connectivity index (χ1n) is 10.1. The van der Waals surface area contributed by atoms with Crippen LogP contribution in [0.5, 0.6) is 5.75 Å². The lowest BCUT2D eigenvalue weighted by atomic mass is 10.0. The van der Waals surface area contributed by atoms with Crippen molar-refractivity contribution in [1.29, 1.82) is 0 Å². The summed E-state index contributed by atoms with van der Waals surface area (Å²) >= 11 is 0. The van der Waals surface area contributed by atoms with Gasteiger partial charge in [0.15, 0.2) is 23.2 Å². The normalized spacial score (nSPS) is 11.2. The SMILES string of the molecule is CCCCCc1ccc(/C=C/c2ccc(-c3ccc(OC)c(F)c3)cc2)c(F)c1F. The van der Waals surface area contributed by atoms with Gasteiger partial charge in [-0.2, -0.15) is 0 Å². The Balaban J connectivity index is 1.74. The molecule has 3 aromatic rings. The number of rotatable bonds is 8. The van der Waals surface area contributed by atoms with Crippen molar-refractivity contribution in [3.05, 3.63) is 88.7 Å². The van der Waals surface area contributed by atoms with Gasteiger partial charge < -0.3 is 4.74 Å². The van der Waals surface area contributed by atoms with Crippen molar-refractivity contribution in [2.45, 2.75) is 32.6 Å². The fourth-order valence-electron chi connectivity index (χ4n) is 3.31. The maximum Gasteiger partial charge on any atom is 0.166 e. The first-order chi connectivity index (χ1) is 14.5. The van der Waals surface area contributed by atoms with E-state index in [-0.39, 0.29) is 11.3 Å². The van der Waals surface area contributed by atoms with E-state index < -0.39 is 17.5 Å². The average molecular weight is 410 g/mol. The van der Waals surface area contributed by atoms with E-state index in [1.54, 1.807) is 36.4 Å². The monoisotopic (exact) mass is 410 g/mol. The van der Waals surface area contributed by atoms with E-state index in [2.05, 4.69) is 6.92 Å². The average Bonchev–Trinajstić information content (AvgIpc) is 2.76. The Hall–Kier alpha value is -3.01. The Kier molecular flexibility index (Phi) is 7.34. The van der Waals surface area contributed by atoms with Gasteiger partial charge in [-0.3, -0.25) is 0 Å². The topological polar surface area (TPSA) is 9.23 Å². The molecule has 30 heavy (non-hydrogen) atoms. The molecule has 156 valence electrons. The van der Waals surface area contributed by atoms with Crippen molar-refractivity contribution in [3.63, 3.8) is 0 Å². The minimum Gasteiger partial charge on any atom is -0.494 e. The molecular formula is C26H25F3O. The Morgan fingerprint density at radius 3 is 2.20 bits per heavy atom. The fraction of sp³-hybridized carbons (Fsp3) is 0.231. The molecule has 4 heteroatoms. The largest absolute Gasteiger partial charge is 0.494 e. The molecule has 0 aliphatic rings. The summed E-state index contributed by atoms with van der Waals surface area (Å²) in [5.41, 5.74) is 3.06. The van der Waals surface area contributed by atoms with Gasteiger partial charge in [-0.05, 0) is 47.2 Å². The Morgan fingerprint density at radius 1 is 0.800 bits per heavy atom. The van der Waals surface area contributed by atoms with Gasteiger partial charge in [0, 0.05) is 5.56 Å². The molecule has 1 nitrogen and oxygen atoms in total. The van der Waals surface area contributed by atoms with Crippen molar-refractivity contribution in [3.8, 4) is 16.9 Å². The van der Waals surface area contributed by atoms with Crippen LogP contribution in [-0.2, 0) is 6.42 Å². The van der Waals surface area contributed by atoms with E-state index in [1.165, 1.54) is 13.2 Å². The number of methoxy groups -OCH3 is 1. The molecule has 0 atom stereocenters. The molecule has 0 fully saturated rings. The van der Waals surface area contributed by atoms with Crippen LogP contribution < -0.4 is 4.74 Å². The second kappa shape index (κ2) is 10.1. The third kappa shape index (κ3) is 5.12. The third-order valence-electron chi connectivity index (χ3n) is 5.09. The molecule has 0 saturated heterocycles. The van der Waals surface area contributed by atoms with Crippen LogP contribution in [0.25, 0.3) is 23.3 Å². The lowest BCUT2D eigenvalue weighted by Crippen LogP contribution is -1.97. The van der Waals surface area contributed by atoms with Gasteiger partial charge in [0.25, 0.3) is 0 Å². The van der Waals surface area contributed by atoms with Gasteiger partial charge in [0.1, 0.15) is 0 Å². The molecule has 0 saturated carbocycles. The maximum atomic E-state index is 14.4. The first-order valence-corrected chi connectivity index (χ1v) is 10.1. The number of halogens is 3. The van der Waals surface area contributed by atoms with Crippen molar-refractivity contribution >= 4 is 12.2 Å². The zero-order valence-electron chi connectivity index (χ0n) is 17.2. The lowest BCUT2D eigenvalue weighted by molar-refractivity contribution is 0.386. The Bertz CT molecular complexity index is 1020. The van der Waals surface area contributed by atoms with E-state index in [9.17, 15) is 13.2 Å². The molecule has 0 heterocycles. The van der Waals surface area contributed by atoms with E-state index in [0.29, 0.717) is 12.0 Å². The number of aryl methyl sites for hydroxylation is 1. The van der Waals surface area contributed by atoms with Crippen LogP contribution in [0, 0.1) is 17.5 Å². The van der Waals surface area contributed by atoms with Crippen LogP contribution in [0.2, 0.25) is 0 Å². The second-order valence-electron chi connectivity index (χ2n) is 7.20. The molecule has 0 radical (unpaired) electrons. The summed E-state index contributed by atoms with van der Waals surface area (Å²) in [6.45, 7) is 2.08. The molecule has 3 aromatic carbocycles. The third-order valence-corrected chi connectivity index (χ3v) is 5.09. The summed E-state index contributed by atoms with van der Waals surface area (Å²) < 4.78 is 47.5. The molecule has 0 N–H and O–H groups in total. The zero-order chi connectivity index (χ0) is 21.5. The summed E-state index contributed by atoms with van der Waals surface area (Å²) in [4.78, 5) is 0. The van der Waals surface area contributed by atoms with Gasteiger partial charge in [-0.25, -0.2) is 13.2 Å². The first kappa shape index (κ1) is 21.7. The number of unbranched alkanes of at least 4 members (excludes halogenated alkanes) is 2. The van der Waals surface area contributed by atoms with E-state index in [0.717, 1.165) is 36.0 Å². The van der Waals surface area contributed by atoms with Crippen molar-refractivity contribution in [2.24, 2.45) is 0 Å². The van der Waals surface area contributed by atoms with Crippen molar-refractivity contribution in [2.75, 3.05) is 7.11 Å². The molecule has 0 unspecified atom stereocenters. The molecular weight excluding hydrogens is 385 g/mol. The second-order valence-corrected chi connectivity index (χ2v) is 7.20. The quantitative estimate of drug-likeness (QED) is 0.273. The molecule has 0 amide bonds. The summed E-state index contributed by atoms with van der Waals surface area (Å²) in [7, 11) is 1.42. The molecule has 0 bridgehead atoms. The van der Waals surface area contributed by atoms with Crippen molar-refractivity contribution in [1.82, 2.24) is 0 Å². The number of benzene rings is 3. The minimum atomic E-state index is -0.814. The van der Waals surface area contributed by atoms with Crippen LogP contribution in [-0.4, -0.2) is 7.11 Å². The predicted molar refractivity (Wildman–Crippen MR) is 117 cm³/mol. The van der Waals surface area contributed by atoms with E-state index in [4.69, 9.17) is 4.74 Å². The maximum absolute atomic E-state index is 14.4. The number of ether oxygens (including phenoxy) is 1. The zero-order valence-corrected chi connectivity index (χ0v) is 17.2. The van der Waals surface area contributed by atoms with Crippen LogP contribution in [0.1, 0.15) is 42.9 Å². The van der Waals surface area contributed by atoms with Crippen LogP contribution in [0.15, 0.2) is 54.6 Å². The minimum absolute atomic E-state index is 0.198. The Morgan fingerprint density at radius 2 is 1.53 bits per heavy atom. The summed E-state index contributed by atoms with van der Waals surface area (Å²) in [6, 6.07) is 15.5. The molecule has 0 aromatic heterocycles. The highest BCUT2D eigenvalue weighted by atomic mass is 19.2. The summed E-state index contributed by atoms with van der Waals surface area (Å²) in [6.07, 6.45) is 6.74. The highest BCUT2D eigenvalue weighted by Gasteiger charge is 2.11. The van der Waals surface area contributed by atoms with E-state index >= 15 is 0 Å². The lowest BCUT2D eigenvalue weighted by Gasteiger charge is -2.07. The number of hydrogen-bond donors (Lipinski definition) is 0. The fourth-order valence-corrected chi connectivity index (χ4v) is 3.31. The Labute approximate surface area is 175 Å². The van der Waals surface area contributed by atoms with Crippen LogP contribution in [0.4, 0.5) is 13.2 Å². The van der Waals surface area contributed by atoms with Gasteiger partial charge in [0.2, 0.25) is 0 Å². The summed E-state index contributed by atoms with van der Waals surface area (Å²) in [5, 5.41) is 0. The number of hydrogen-bond acceptors (Lipinski definition) is 1. The molecule has 0 aliphatic carbocycles. The van der Waals surface area contributed by atoms with Gasteiger partial charge in [-0.1, -0.05) is 74.4 Å². The molecule has 3 rings (SSSR count). The highest BCUT2D eigenvalue weighted by Crippen LogP contribution is 2.26. The van der Waals surface area contributed by atoms with Gasteiger partial charge in [-0.15, -0.1) is 0 Å². The predicted octanol–water partition coefficient (Wildman–Crippen LogP) is 7.68. The standard InChI is InChI=1S/C26H25F3O/c1-3-4-5-6-20-13-14-21(26(29)25(20)28)12-9-18-7-10-19(11-8-18)22-15-16-24(30-2)23(27)17-22/h7-17H,3-6H2,1-2H3/b12-9+. The van der Waals surface area contributed by atoms with Crippen LogP contribution in [0.3, 0.4) is 0 Å². The van der Waals surface area contributed by atoms with Crippen LogP contribution >= 0.6 is 0 Å². The van der Waals surface area contributed by atoms with Gasteiger partial charge >= 0.3 is 0 Å². The van der Waals surface area contributed by atoms with Crippen molar-refractivity contribution < 1.29 is 17.9 Å². The smallest absolute Gasteiger partial charge is 0.166 e.